The number of hydrogen-bond acceptors (Lipinski definition) is 7. The number of methoxy groups -OCH3 is 1. The molecular weight excluding hydrogens is 448 g/mol. The highest BCUT2D eigenvalue weighted by Crippen LogP contribution is 2.48. The number of Topliss-reactive ketones (excluding diaryl/α,β-unsaturated/α-hetero) is 1. The molecule has 8 heteroatoms. The predicted octanol–water partition coefficient (Wildman–Crippen LogP) is 4.67. The number of ketones is 1. The molecule has 1 aromatic carbocycles. The Morgan fingerprint density at radius 2 is 1.94 bits per heavy atom. The van der Waals surface area contributed by atoms with E-state index in [1.807, 2.05) is 36.4 Å². The molecule has 3 heterocycles. The Bertz CT molecular complexity index is 1350. The summed E-state index contributed by atoms with van der Waals surface area (Å²) in [5, 5.41) is 3.90. The Morgan fingerprint density at radius 1 is 1.15 bits per heavy atom. The third-order valence-electron chi connectivity index (χ3n) is 6.25. The van der Waals surface area contributed by atoms with Crippen LogP contribution in [-0.2, 0) is 10.5 Å². The number of rotatable bonds is 5. The number of ether oxygens (including phenoxy) is 1. The number of hydrogen-bond donors (Lipinski definition) is 2. The summed E-state index contributed by atoms with van der Waals surface area (Å²) in [6, 6.07) is 11.4. The van der Waals surface area contributed by atoms with Crippen molar-refractivity contribution in [3.05, 3.63) is 87.1 Å². The first-order valence-corrected chi connectivity index (χ1v) is 12.2. The van der Waals surface area contributed by atoms with Gasteiger partial charge >= 0.3 is 0 Å². The van der Waals surface area contributed by atoms with Crippen LogP contribution in [0.3, 0.4) is 0 Å². The van der Waals surface area contributed by atoms with Crippen LogP contribution in [0.1, 0.15) is 49.3 Å². The minimum absolute atomic E-state index is 0.0627. The van der Waals surface area contributed by atoms with Crippen LogP contribution in [0.25, 0.3) is 0 Å². The van der Waals surface area contributed by atoms with Crippen molar-refractivity contribution in [2.24, 2.45) is 5.41 Å². The SMILES string of the molecule is COc1cccc([C@@H]2C3=C(CC(C)(C)CC3=O)Nc3nc(SCc4ccncc4)[nH]c(=O)c32)c1. The van der Waals surface area contributed by atoms with Crippen molar-refractivity contribution >= 4 is 23.4 Å². The van der Waals surface area contributed by atoms with E-state index in [4.69, 9.17) is 9.72 Å². The van der Waals surface area contributed by atoms with Gasteiger partial charge in [0.25, 0.3) is 5.56 Å². The molecule has 1 aliphatic heterocycles. The van der Waals surface area contributed by atoms with Crippen molar-refractivity contribution in [3.8, 4) is 5.75 Å². The zero-order valence-electron chi connectivity index (χ0n) is 19.3. The van der Waals surface area contributed by atoms with Gasteiger partial charge in [-0.1, -0.05) is 37.7 Å². The molecule has 174 valence electrons. The van der Waals surface area contributed by atoms with Crippen LogP contribution < -0.4 is 15.6 Å². The van der Waals surface area contributed by atoms with Crippen molar-refractivity contribution in [1.82, 2.24) is 15.0 Å². The lowest BCUT2D eigenvalue weighted by Crippen LogP contribution is -2.37. The molecule has 3 aromatic rings. The fraction of sp³-hybridized carbons (Fsp3) is 0.308. The lowest BCUT2D eigenvalue weighted by Gasteiger charge is -2.38. The molecule has 0 radical (unpaired) electrons. The Balaban J connectivity index is 1.60. The van der Waals surface area contributed by atoms with E-state index < -0.39 is 5.92 Å². The number of allylic oxidation sites excluding steroid dienone is 2. The van der Waals surface area contributed by atoms with Crippen LogP contribution in [0.4, 0.5) is 5.82 Å². The van der Waals surface area contributed by atoms with E-state index in [2.05, 4.69) is 29.1 Å². The van der Waals surface area contributed by atoms with Gasteiger partial charge in [-0.2, -0.15) is 0 Å². The number of nitrogens with zero attached hydrogens (tertiary/aromatic N) is 2. The van der Waals surface area contributed by atoms with Crippen molar-refractivity contribution in [1.29, 1.82) is 0 Å². The van der Waals surface area contributed by atoms with Gasteiger partial charge in [-0.05, 0) is 47.2 Å². The molecule has 7 nitrogen and oxygen atoms in total. The second-order valence-electron chi connectivity index (χ2n) is 9.45. The Kier molecular flexibility index (Phi) is 5.77. The number of H-pyrrole nitrogens is 1. The molecule has 2 aromatic heterocycles. The van der Waals surface area contributed by atoms with E-state index in [9.17, 15) is 9.59 Å². The van der Waals surface area contributed by atoms with Crippen molar-refractivity contribution < 1.29 is 9.53 Å². The Labute approximate surface area is 202 Å². The summed E-state index contributed by atoms with van der Waals surface area (Å²) in [6.45, 7) is 4.18. The molecule has 1 aliphatic carbocycles. The molecule has 2 aliphatic rings. The Hall–Kier alpha value is -3.39. The highest BCUT2D eigenvalue weighted by atomic mass is 32.2. The molecule has 0 saturated heterocycles. The van der Waals surface area contributed by atoms with Gasteiger partial charge in [0.1, 0.15) is 11.6 Å². The highest BCUT2D eigenvalue weighted by Gasteiger charge is 2.42. The van der Waals surface area contributed by atoms with Crippen molar-refractivity contribution in [3.63, 3.8) is 0 Å². The first kappa shape index (κ1) is 22.4. The molecule has 0 spiro atoms. The lowest BCUT2D eigenvalue weighted by atomic mass is 9.69. The monoisotopic (exact) mass is 474 g/mol. The number of aromatic amines is 1. The summed E-state index contributed by atoms with van der Waals surface area (Å²) in [6.07, 6.45) is 4.64. The van der Waals surface area contributed by atoms with Gasteiger partial charge in [0.15, 0.2) is 10.9 Å². The average Bonchev–Trinajstić information content (AvgIpc) is 2.81. The standard InChI is InChI=1S/C26H26N4O3S/c1-26(2)12-18-21(19(31)13-26)20(16-5-4-6-17(11-16)33-3)22-23(28-18)29-25(30-24(22)32)34-14-15-7-9-27-10-8-15/h4-11,20H,12-14H2,1-3H3,(H2,28,29,30,32)/t20-/m1/s1. The number of anilines is 1. The van der Waals surface area contributed by atoms with Gasteiger partial charge in [-0.15, -0.1) is 0 Å². The van der Waals surface area contributed by atoms with Crippen LogP contribution in [0.5, 0.6) is 5.75 Å². The first-order valence-electron chi connectivity index (χ1n) is 11.2. The van der Waals surface area contributed by atoms with Crippen LogP contribution in [0.2, 0.25) is 0 Å². The summed E-state index contributed by atoms with van der Waals surface area (Å²) in [4.78, 5) is 38.5. The van der Waals surface area contributed by atoms with E-state index >= 15 is 0 Å². The molecule has 0 fully saturated rings. The predicted molar refractivity (Wildman–Crippen MR) is 132 cm³/mol. The Morgan fingerprint density at radius 3 is 2.71 bits per heavy atom. The number of pyridine rings is 1. The minimum atomic E-state index is -0.500. The van der Waals surface area contributed by atoms with Crippen LogP contribution in [0, 0.1) is 5.41 Å². The smallest absolute Gasteiger partial charge is 0.257 e. The van der Waals surface area contributed by atoms with Gasteiger partial charge < -0.3 is 15.0 Å². The largest absolute Gasteiger partial charge is 0.497 e. The molecular formula is C26H26N4O3S. The summed E-state index contributed by atoms with van der Waals surface area (Å²) in [7, 11) is 1.61. The molecule has 34 heavy (non-hydrogen) atoms. The molecule has 0 saturated carbocycles. The molecule has 0 amide bonds. The second kappa shape index (κ2) is 8.76. The lowest BCUT2D eigenvalue weighted by molar-refractivity contribution is -0.118. The third-order valence-corrected chi connectivity index (χ3v) is 7.20. The molecule has 1 atom stereocenters. The van der Waals surface area contributed by atoms with E-state index in [1.54, 1.807) is 19.5 Å². The zero-order valence-corrected chi connectivity index (χ0v) is 20.2. The van der Waals surface area contributed by atoms with E-state index in [0.29, 0.717) is 46.5 Å². The number of aromatic nitrogens is 3. The van der Waals surface area contributed by atoms with Gasteiger partial charge in [0, 0.05) is 41.8 Å². The maximum atomic E-state index is 13.4. The average molecular weight is 475 g/mol. The number of carbonyl (C=O) groups excluding carboxylic acids is 1. The van der Waals surface area contributed by atoms with E-state index in [-0.39, 0.29) is 16.8 Å². The van der Waals surface area contributed by atoms with E-state index in [0.717, 1.165) is 16.8 Å². The van der Waals surface area contributed by atoms with Gasteiger partial charge in [-0.25, -0.2) is 4.98 Å². The van der Waals surface area contributed by atoms with Crippen molar-refractivity contribution in [2.45, 2.75) is 43.5 Å². The first-order chi connectivity index (χ1) is 16.3. The quantitative estimate of drug-likeness (QED) is 0.410. The topological polar surface area (TPSA) is 97.0 Å². The highest BCUT2D eigenvalue weighted by molar-refractivity contribution is 7.98. The third kappa shape index (κ3) is 4.25. The van der Waals surface area contributed by atoms with Crippen molar-refractivity contribution in [2.75, 3.05) is 12.4 Å². The zero-order chi connectivity index (χ0) is 23.9. The van der Waals surface area contributed by atoms with Crippen LogP contribution in [0.15, 0.2) is 70.0 Å². The second-order valence-corrected chi connectivity index (χ2v) is 10.4. The molecule has 5 rings (SSSR count). The minimum Gasteiger partial charge on any atom is -0.497 e. The van der Waals surface area contributed by atoms with Gasteiger partial charge in [-0.3, -0.25) is 14.6 Å². The number of thioether (sulfide) groups is 1. The van der Waals surface area contributed by atoms with Gasteiger partial charge in [0.05, 0.1) is 12.7 Å². The normalized spacial score (nSPS) is 18.7. The fourth-order valence-corrected chi connectivity index (χ4v) is 5.56. The molecule has 0 bridgehead atoms. The molecule has 0 unspecified atom stereocenters. The summed E-state index contributed by atoms with van der Waals surface area (Å²) < 4.78 is 5.43. The van der Waals surface area contributed by atoms with Crippen LogP contribution in [-0.4, -0.2) is 27.8 Å². The number of fused-ring (bicyclic) bond motifs is 1. The van der Waals surface area contributed by atoms with Crippen LogP contribution >= 0.6 is 11.8 Å². The maximum absolute atomic E-state index is 13.4. The number of nitrogens with one attached hydrogen (secondary N) is 2. The molecule has 2 N–H and O–H groups in total. The van der Waals surface area contributed by atoms with E-state index in [1.165, 1.54) is 11.8 Å². The van der Waals surface area contributed by atoms with Gasteiger partial charge in [0.2, 0.25) is 0 Å². The summed E-state index contributed by atoms with van der Waals surface area (Å²) in [5.41, 5.74) is 3.49. The number of benzene rings is 1. The fourth-order valence-electron chi connectivity index (χ4n) is 4.75. The summed E-state index contributed by atoms with van der Waals surface area (Å²) >= 11 is 1.46. The summed E-state index contributed by atoms with van der Waals surface area (Å²) in [5.74, 6) is 1.41. The maximum Gasteiger partial charge on any atom is 0.257 e. The number of carbonyl (C=O) groups is 1.